The van der Waals surface area contributed by atoms with Gasteiger partial charge in [0.05, 0.1) is 47.4 Å². The minimum Gasteiger partial charge on any atom is -0.497 e. The molecular formula is C19H15N3O8. The maximum atomic E-state index is 12.5. The van der Waals surface area contributed by atoms with Crippen molar-refractivity contribution in [2.75, 3.05) is 19.5 Å². The monoisotopic (exact) mass is 413 g/mol. The van der Waals surface area contributed by atoms with Gasteiger partial charge in [0.2, 0.25) is 0 Å². The van der Waals surface area contributed by atoms with Crippen LogP contribution in [0.2, 0.25) is 0 Å². The molecule has 1 heterocycles. The average Bonchev–Trinajstić information content (AvgIpc) is 3.23. The van der Waals surface area contributed by atoms with E-state index in [0.717, 1.165) is 0 Å². The topological polar surface area (TPSA) is 147 Å². The standard InChI is InChI=1S/C19H15N3O8/c1-28-12-4-5-13(15(10-12)22(26)27)16-7-8-17(30-16)19(23)20-14-6-3-11(21(24)25)9-18(14)29-2/h3-10H,1-2H3,(H,20,23). The Balaban J connectivity index is 1.88. The van der Waals surface area contributed by atoms with Crippen LogP contribution in [0.5, 0.6) is 11.5 Å². The number of ether oxygens (including phenoxy) is 2. The van der Waals surface area contributed by atoms with E-state index in [-0.39, 0.29) is 39.9 Å². The van der Waals surface area contributed by atoms with E-state index in [1.807, 2.05) is 0 Å². The van der Waals surface area contributed by atoms with Crippen LogP contribution in [0.4, 0.5) is 17.1 Å². The van der Waals surface area contributed by atoms with Gasteiger partial charge in [-0.1, -0.05) is 0 Å². The van der Waals surface area contributed by atoms with Crippen molar-refractivity contribution >= 4 is 23.0 Å². The Labute approximate surface area is 169 Å². The Kier molecular flexibility index (Phi) is 5.63. The lowest BCUT2D eigenvalue weighted by Gasteiger charge is -2.09. The average molecular weight is 413 g/mol. The number of non-ortho nitro benzene ring substituents is 1. The number of carbonyl (C=O) groups excluding carboxylic acids is 1. The third-order valence-electron chi connectivity index (χ3n) is 4.14. The number of nitro benzene ring substituents is 2. The Bertz CT molecular complexity index is 1140. The van der Waals surface area contributed by atoms with Gasteiger partial charge in [0.15, 0.2) is 5.76 Å². The highest BCUT2D eigenvalue weighted by atomic mass is 16.6. The Morgan fingerprint density at radius 1 is 0.967 bits per heavy atom. The summed E-state index contributed by atoms with van der Waals surface area (Å²) < 4.78 is 15.6. The van der Waals surface area contributed by atoms with Gasteiger partial charge < -0.3 is 19.2 Å². The molecule has 0 atom stereocenters. The van der Waals surface area contributed by atoms with Crippen molar-refractivity contribution in [2.45, 2.75) is 0 Å². The fraction of sp³-hybridized carbons (Fsp3) is 0.105. The molecule has 1 amide bonds. The van der Waals surface area contributed by atoms with E-state index in [2.05, 4.69) is 5.32 Å². The summed E-state index contributed by atoms with van der Waals surface area (Å²) in [6.45, 7) is 0. The molecule has 3 aromatic rings. The first-order valence-electron chi connectivity index (χ1n) is 8.40. The number of benzene rings is 2. The van der Waals surface area contributed by atoms with Crippen molar-refractivity contribution in [3.8, 4) is 22.8 Å². The Hall–Kier alpha value is -4.41. The molecule has 0 saturated carbocycles. The molecule has 1 aromatic heterocycles. The molecule has 0 aliphatic heterocycles. The number of anilines is 1. The zero-order valence-electron chi connectivity index (χ0n) is 15.8. The van der Waals surface area contributed by atoms with Crippen LogP contribution in [0.15, 0.2) is 52.9 Å². The molecule has 3 rings (SSSR count). The number of rotatable bonds is 7. The number of methoxy groups -OCH3 is 2. The van der Waals surface area contributed by atoms with Crippen LogP contribution in [0, 0.1) is 20.2 Å². The van der Waals surface area contributed by atoms with Crippen LogP contribution in [0.3, 0.4) is 0 Å². The maximum absolute atomic E-state index is 12.5. The van der Waals surface area contributed by atoms with E-state index in [1.165, 1.54) is 62.8 Å². The van der Waals surface area contributed by atoms with E-state index in [1.54, 1.807) is 0 Å². The van der Waals surface area contributed by atoms with Gasteiger partial charge in [-0.25, -0.2) is 0 Å². The van der Waals surface area contributed by atoms with Gasteiger partial charge in [0, 0.05) is 6.07 Å². The summed E-state index contributed by atoms with van der Waals surface area (Å²) in [5.74, 6) is -0.263. The molecule has 2 aromatic carbocycles. The minimum atomic E-state index is -0.662. The van der Waals surface area contributed by atoms with Crippen LogP contribution >= 0.6 is 0 Å². The number of nitrogens with one attached hydrogen (secondary N) is 1. The summed E-state index contributed by atoms with van der Waals surface area (Å²) in [5.41, 5.74) is -0.0705. The van der Waals surface area contributed by atoms with Gasteiger partial charge >= 0.3 is 0 Å². The molecule has 154 valence electrons. The first-order valence-corrected chi connectivity index (χ1v) is 8.40. The second kappa shape index (κ2) is 8.31. The van der Waals surface area contributed by atoms with Crippen molar-refractivity contribution in [3.63, 3.8) is 0 Å². The zero-order valence-corrected chi connectivity index (χ0v) is 15.8. The Morgan fingerprint density at radius 3 is 2.37 bits per heavy atom. The van der Waals surface area contributed by atoms with E-state index in [0.29, 0.717) is 5.75 Å². The normalized spacial score (nSPS) is 10.3. The van der Waals surface area contributed by atoms with Crippen molar-refractivity contribution < 1.29 is 28.5 Å². The minimum absolute atomic E-state index is 0.0927. The number of furan rings is 1. The molecule has 30 heavy (non-hydrogen) atoms. The summed E-state index contributed by atoms with van der Waals surface area (Å²) in [5, 5.41) is 24.8. The van der Waals surface area contributed by atoms with E-state index >= 15 is 0 Å². The van der Waals surface area contributed by atoms with Crippen LogP contribution in [-0.2, 0) is 0 Å². The van der Waals surface area contributed by atoms with E-state index in [9.17, 15) is 25.0 Å². The lowest BCUT2D eigenvalue weighted by atomic mass is 10.1. The third kappa shape index (κ3) is 4.04. The predicted octanol–water partition coefficient (Wildman–Crippen LogP) is 4.03. The van der Waals surface area contributed by atoms with Gasteiger partial charge in [-0.3, -0.25) is 25.0 Å². The first-order chi connectivity index (χ1) is 14.3. The van der Waals surface area contributed by atoms with Gasteiger partial charge in [-0.05, 0) is 30.3 Å². The first kappa shape index (κ1) is 20.3. The third-order valence-corrected chi connectivity index (χ3v) is 4.14. The number of nitro groups is 2. The summed E-state index contributed by atoms with van der Waals surface area (Å²) in [7, 11) is 2.70. The second-order valence-electron chi connectivity index (χ2n) is 5.90. The molecule has 0 fully saturated rings. The lowest BCUT2D eigenvalue weighted by molar-refractivity contribution is -0.384. The van der Waals surface area contributed by atoms with Crippen LogP contribution < -0.4 is 14.8 Å². The number of amides is 1. The molecule has 1 N–H and O–H groups in total. The van der Waals surface area contributed by atoms with Crippen molar-refractivity contribution in [1.82, 2.24) is 0 Å². The highest BCUT2D eigenvalue weighted by Gasteiger charge is 2.22. The number of hydrogen-bond acceptors (Lipinski definition) is 8. The zero-order chi connectivity index (χ0) is 21.8. The molecule has 11 heteroatoms. The van der Waals surface area contributed by atoms with E-state index < -0.39 is 15.8 Å². The molecule has 0 spiro atoms. The molecule has 11 nitrogen and oxygen atoms in total. The largest absolute Gasteiger partial charge is 0.497 e. The summed E-state index contributed by atoms with van der Waals surface area (Å²) in [6, 6.07) is 10.7. The molecule has 0 bridgehead atoms. The number of hydrogen-bond donors (Lipinski definition) is 1. The van der Waals surface area contributed by atoms with Crippen LogP contribution in [0.25, 0.3) is 11.3 Å². The number of carbonyl (C=O) groups is 1. The summed E-state index contributed by atoms with van der Waals surface area (Å²) in [6.07, 6.45) is 0. The highest BCUT2D eigenvalue weighted by molar-refractivity contribution is 6.03. The molecule has 0 radical (unpaired) electrons. The van der Waals surface area contributed by atoms with Crippen LogP contribution in [0.1, 0.15) is 10.6 Å². The van der Waals surface area contributed by atoms with Gasteiger partial charge in [-0.2, -0.15) is 0 Å². The predicted molar refractivity (Wildman–Crippen MR) is 105 cm³/mol. The fourth-order valence-corrected chi connectivity index (χ4v) is 2.68. The molecule has 0 saturated heterocycles. The maximum Gasteiger partial charge on any atom is 0.291 e. The number of nitrogens with zero attached hydrogens (tertiary/aromatic N) is 2. The van der Waals surface area contributed by atoms with Gasteiger partial charge in [-0.15, -0.1) is 0 Å². The van der Waals surface area contributed by atoms with Crippen molar-refractivity contribution in [3.05, 3.63) is 74.5 Å². The Morgan fingerprint density at radius 2 is 1.73 bits per heavy atom. The van der Waals surface area contributed by atoms with Gasteiger partial charge in [0.1, 0.15) is 17.3 Å². The highest BCUT2D eigenvalue weighted by Crippen LogP contribution is 2.35. The quantitative estimate of drug-likeness (QED) is 0.451. The van der Waals surface area contributed by atoms with Crippen molar-refractivity contribution in [2.24, 2.45) is 0 Å². The molecule has 0 unspecified atom stereocenters. The fourth-order valence-electron chi connectivity index (χ4n) is 2.68. The molecule has 0 aliphatic carbocycles. The van der Waals surface area contributed by atoms with Crippen LogP contribution in [-0.4, -0.2) is 30.0 Å². The molecular weight excluding hydrogens is 398 g/mol. The second-order valence-corrected chi connectivity index (χ2v) is 5.90. The lowest BCUT2D eigenvalue weighted by Crippen LogP contribution is -2.11. The SMILES string of the molecule is COc1ccc(-c2ccc(C(=O)Nc3ccc([N+](=O)[O-])cc3OC)o2)c([N+](=O)[O-])c1. The summed E-state index contributed by atoms with van der Waals surface area (Å²) in [4.78, 5) is 33.6. The molecule has 0 aliphatic rings. The summed E-state index contributed by atoms with van der Waals surface area (Å²) >= 11 is 0. The van der Waals surface area contributed by atoms with Crippen molar-refractivity contribution in [1.29, 1.82) is 0 Å². The van der Waals surface area contributed by atoms with E-state index in [4.69, 9.17) is 13.9 Å². The van der Waals surface area contributed by atoms with Gasteiger partial charge in [0.25, 0.3) is 17.3 Å². The smallest absolute Gasteiger partial charge is 0.291 e.